The average Bonchev–Trinajstić information content (AvgIpc) is 2.52. The monoisotopic (exact) mass is 240 g/mol. The first-order valence-corrected chi connectivity index (χ1v) is 6.64. The Hall–Kier alpha value is -0.610. The molecule has 3 atom stereocenters. The lowest BCUT2D eigenvalue weighted by Gasteiger charge is -2.39. The quantitative estimate of drug-likeness (QED) is 0.800. The number of carbonyl (C=O) groups is 1. The Labute approximate surface area is 103 Å². The van der Waals surface area contributed by atoms with Crippen molar-refractivity contribution in [2.24, 2.45) is 17.6 Å². The maximum atomic E-state index is 12.4. The van der Waals surface area contributed by atoms with Gasteiger partial charge < -0.3 is 15.4 Å². The summed E-state index contributed by atoms with van der Waals surface area (Å²) in [6.45, 7) is 7.83. The highest BCUT2D eigenvalue weighted by atomic mass is 16.5. The zero-order chi connectivity index (χ0) is 12.6. The maximum Gasteiger partial charge on any atom is 0.254 e. The number of hydrogen-bond acceptors (Lipinski definition) is 3. The molecule has 4 heteroatoms. The minimum Gasteiger partial charge on any atom is -0.366 e. The molecule has 2 N–H and O–H groups in total. The molecule has 17 heavy (non-hydrogen) atoms. The van der Waals surface area contributed by atoms with E-state index in [1.54, 1.807) is 0 Å². The zero-order valence-electron chi connectivity index (χ0n) is 11.1. The molecule has 1 amide bonds. The maximum absolute atomic E-state index is 12.4. The zero-order valence-corrected chi connectivity index (χ0v) is 11.1. The van der Waals surface area contributed by atoms with Crippen molar-refractivity contribution in [2.45, 2.75) is 45.3 Å². The highest BCUT2D eigenvalue weighted by Crippen LogP contribution is 2.36. The summed E-state index contributed by atoms with van der Waals surface area (Å²) in [5.41, 5.74) is 5.45. The van der Waals surface area contributed by atoms with E-state index >= 15 is 0 Å². The fourth-order valence-corrected chi connectivity index (χ4v) is 3.23. The van der Waals surface area contributed by atoms with Crippen LogP contribution >= 0.6 is 0 Å². The first kappa shape index (κ1) is 12.8. The second-order valence-electron chi connectivity index (χ2n) is 5.83. The predicted octanol–water partition coefficient (Wildman–Crippen LogP) is 0.997. The molecule has 1 saturated carbocycles. The SMILES string of the molecule is CCOC(C)(C)C(=O)N1C[C@H]2CC[C@@H](C1)C2N. The number of rotatable bonds is 3. The normalized spacial score (nSPS) is 32.9. The van der Waals surface area contributed by atoms with E-state index in [4.69, 9.17) is 10.5 Å². The van der Waals surface area contributed by atoms with Crippen molar-refractivity contribution < 1.29 is 9.53 Å². The Morgan fingerprint density at radius 1 is 1.35 bits per heavy atom. The minimum atomic E-state index is -0.699. The number of ether oxygens (including phenoxy) is 1. The molecule has 0 aromatic heterocycles. The van der Waals surface area contributed by atoms with E-state index in [2.05, 4.69) is 0 Å². The van der Waals surface area contributed by atoms with Gasteiger partial charge in [0.15, 0.2) is 0 Å². The summed E-state index contributed by atoms with van der Waals surface area (Å²) in [7, 11) is 0. The number of likely N-dealkylation sites (tertiary alicyclic amines) is 1. The number of nitrogens with two attached hydrogens (primary N) is 1. The van der Waals surface area contributed by atoms with Crippen LogP contribution in [-0.2, 0) is 9.53 Å². The standard InChI is InChI=1S/C13H24N2O2/c1-4-17-13(2,3)12(16)15-7-9-5-6-10(8-15)11(9)14/h9-11H,4-8,14H2,1-3H3/t9-,10+,11?. The Morgan fingerprint density at radius 3 is 2.35 bits per heavy atom. The van der Waals surface area contributed by atoms with Crippen molar-refractivity contribution >= 4 is 5.91 Å². The molecule has 1 unspecified atom stereocenters. The Kier molecular flexibility index (Phi) is 3.46. The second kappa shape index (κ2) is 4.58. The molecule has 0 radical (unpaired) electrons. The van der Waals surface area contributed by atoms with Crippen LogP contribution in [0.4, 0.5) is 0 Å². The summed E-state index contributed by atoms with van der Waals surface area (Å²) in [6.07, 6.45) is 2.34. The third-order valence-electron chi connectivity index (χ3n) is 4.21. The van der Waals surface area contributed by atoms with Gasteiger partial charge in [-0.25, -0.2) is 0 Å². The third kappa shape index (κ3) is 2.33. The molecule has 1 aliphatic carbocycles. The lowest BCUT2D eigenvalue weighted by Crippen LogP contribution is -2.55. The summed E-state index contributed by atoms with van der Waals surface area (Å²) >= 11 is 0. The molecular weight excluding hydrogens is 216 g/mol. The molecule has 1 saturated heterocycles. The van der Waals surface area contributed by atoms with Crippen molar-refractivity contribution in [3.63, 3.8) is 0 Å². The van der Waals surface area contributed by atoms with E-state index in [0.29, 0.717) is 24.5 Å². The molecule has 2 rings (SSSR count). The lowest BCUT2D eigenvalue weighted by molar-refractivity contribution is -0.156. The Balaban J connectivity index is 2.02. The molecule has 2 fully saturated rings. The topological polar surface area (TPSA) is 55.6 Å². The van der Waals surface area contributed by atoms with E-state index in [1.807, 2.05) is 25.7 Å². The van der Waals surface area contributed by atoms with E-state index in [9.17, 15) is 4.79 Å². The van der Waals surface area contributed by atoms with Gasteiger partial charge in [0.2, 0.25) is 0 Å². The van der Waals surface area contributed by atoms with E-state index in [-0.39, 0.29) is 5.91 Å². The number of hydrogen-bond donors (Lipinski definition) is 1. The highest BCUT2D eigenvalue weighted by molar-refractivity contribution is 5.84. The molecular formula is C13H24N2O2. The van der Waals surface area contributed by atoms with Crippen molar-refractivity contribution in [1.29, 1.82) is 0 Å². The minimum absolute atomic E-state index is 0.114. The van der Waals surface area contributed by atoms with Crippen LogP contribution in [0.25, 0.3) is 0 Å². The summed E-state index contributed by atoms with van der Waals surface area (Å²) < 4.78 is 5.54. The van der Waals surface area contributed by atoms with Crippen LogP contribution in [0.3, 0.4) is 0 Å². The van der Waals surface area contributed by atoms with Crippen LogP contribution in [-0.4, -0.2) is 42.1 Å². The molecule has 98 valence electrons. The molecule has 2 aliphatic rings. The molecule has 0 aromatic rings. The average molecular weight is 240 g/mol. The lowest BCUT2D eigenvalue weighted by atomic mass is 9.92. The fraction of sp³-hybridized carbons (Fsp3) is 0.923. The molecule has 1 heterocycles. The van der Waals surface area contributed by atoms with Crippen molar-refractivity contribution in [3.8, 4) is 0 Å². The van der Waals surface area contributed by atoms with Crippen molar-refractivity contribution in [3.05, 3.63) is 0 Å². The van der Waals surface area contributed by atoms with Crippen LogP contribution in [0.5, 0.6) is 0 Å². The Morgan fingerprint density at radius 2 is 1.88 bits per heavy atom. The van der Waals surface area contributed by atoms with Gasteiger partial charge >= 0.3 is 0 Å². The van der Waals surface area contributed by atoms with Gasteiger partial charge in [-0.1, -0.05) is 0 Å². The third-order valence-corrected chi connectivity index (χ3v) is 4.21. The van der Waals surface area contributed by atoms with Gasteiger partial charge in [-0.15, -0.1) is 0 Å². The van der Waals surface area contributed by atoms with E-state index < -0.39 is 5.60 Å². The summed E-state index contributed by atoms with van der Waals surface area (Å²) in [4.78, 5) is 14.4. The second-order valence-corrected chi connectivity index (χ2v) is 5.83. The Bertz CT molecular complexity index is 290. The number of amides is 1. The van der Waals surface area contributed by atoms with Crippen LogP contribution < -0.4 is 5.73 Å². The first-order valence-electron chi connectivity index (χ1n) is 6.64. The molecule has 0 aromatic carbocycles. The van der Waals surface area contributed by atoms with Gasteiger partial charge in [0.25, 0.3) is 5.91 Å². The predicted molar refractivity (Wildman–Crippen MR) is 66.5 cm³/mol. The van der Waals surface area contributed by atoms with Gasteiger partial charge in [0.1, 0.15) is 5.60 Å². The smallest absolute Gasteiger partial charge is 0.254 e. The molecule has 1 aliphatic heterocycles. The number of piperidine rings is 1. The molecule has 2 bridgehead atoms. The van der Waals surface area contributed by atoms with Crippen LogP contribution in [0.15, 0.2) is 0 Å². The van der Waals surface area contributed by atoms with Crippen molar-refractivity contribution in [1.82, 2.24) is 4.90 Å². The van der Waals surface area contributed by atoms with Crippen LogP contribution in [0.1, 0.15) is 33.6 Å². The highest BCUT2D eigenvalue weighted by Gasteiger charge is 2.44. The van der Waals surface area contributed by atoms with Gasteiger partial charge in [0, 0.05) is 25.7 Å². The summed E-state index contributed by atoms with van der Waals surface area (Å²) in [5, 5.41) is 0. The fourth-order valence-electron chi connectivity index (χ4n) is 3.23. The number of fused-ring (bicyclic) bond motifs is 2. The first-order chi connectivity index (χ1) is 7.95. The number of carbonyl (C=O) groups excluding carboxylic acids is 1. The van der Waals surface area contributed by atoms with Crippen LogP contribution in [0.2, 0.25) is 0 Å². The van der Waals surface area contributed by atoms with Gasteiger partial charge in [-0.3, -0.25) is 4.79 Å². The van der Waals surface area contributed by atoms with Gasteiger partial charge in [0.05, 0.1) is 0 Å². The number of nitrogens with zero attached hydrogens (tertiary/aromatic N) is 1. The summed E-state index contributed by atoms with van der Waals surface area (Å²) in [6, 6.07) is 0.300. The van der Waals surface area contributed by atoms with E-state index in [1.165, 1.54) is 12.8 Å². The molecule has 0 spiro atoms. The van der Waals surface area contributed by atoms with Gasteiger partial charge in [-0.05, 0) is 45.4 Å². The van der Waals surface area contributed by atoms with Crippen molar-refractivity contribution in [2.75, 3.05) is 19.7 Å². The molecule has 4 nitrogen and oxygen atoms in total. The largest absolute Gasteiger partial charge is 0.366 e. The summed E-state index contributed by atoms with van der Waals surface area (Å²) in [5.74, 6) is 1.11. The van der Waals surface area contributed by atoms with Gasteiger partial charge in [-0.2, -0.15) is 0 Å². The van der Waals surface area contributed by atoms with E-state index in [0.717, 1.165) is 13.1 Å². The van der Waals surface area contributed by atoms with Crippen LogP contribution in [0, 0.1) is 11.8 Å².